The summed E-state index contributed by atoms with van der Waals surface area (Å²) in [5.41, 5.74) is 0.271. The summed E-state index contributed by atoms with van der Waals surface area (Å²) in [6.07, 6.45) is 6.06. The van der Waals surface area contributed by atoms with Crippen LogP contribution < -0.4 is 10.6 Å². The molecule has 0 spiro atoms. The van der Waals surface area contributed by atoms with Crippen LogP contribution >= 0.6 is 11.6 Å². The lowest BCUT2D eigenvalue weighted by Gasteiger charge is -2.60. The Hall–Kier alpha value is -0.210. The van der Waals surface area contributed by atoms with Crippen LogP contribution in [0.4, 0.5) is 0 Å². The van der Waals surface area contributed by atoms with Crippen molar-refractivity contribution in [2.45, 2.75) is 37.8 Å². The van der Waals surface area contributed by atoms with E-state index in [9.17, 15) is 0 Å². The zero-order valence-electron chi connectivity index (χ0n) is 8.52. The van der Waals surface area contributed by atoms with Gasteiger partial charge < -0.3 is 10.6 Å². The summed E-state index contributed by atoms with van der Waals surface area (Å²) in [6.45, 7) is 3.52. The molecule has 3 heterocycles. The Morgan fingerprint density at radius 2 is 2.43 bits per heavy atom. The first-order chi connectivity index (χ1) is 6.72. The lowest BCUT2D eigenvalue weighted by atomic mass is 9.55. The Balaban J connectivity index is 1.87. The molecule has 3 heteroatoms. The molecule has 0 aromatic carbocycles. The second-order valence-corrected chi connectivity index (χ2v) is 5.39. The fourth-order valence-corrected chi connectivity index (χ4v) is 3.80. The predicted octanol–water partition coefficient (Wildman–Crippen LogP) is 1.82. The van der Waals surface area contributed by atoms with Crippen molar-refractivity contribution < 1.29 is 0 Å². The minimum absolute atomic E-state index is 0.271. The lowest BCUT2D eigenvalue weighted by molar-refractivity contribution is 0.0129. The van der Waals surface area contributed by atoms with Crippen LogP contribution in [-0.4, -0.2) is 18.1 Å². The molecule has 14 heavy (non-hydrogen) atoms. The van der Waals surface area contributed by atoms with E-state index in [4.69, 9.17) is 11.6 Å². The maximum atomic E-state index is 6.10. The van der Waals surface area contributed by atoms with Crippen molar-refractivity contribution in [1.29, 1.82) is 0 Å². The average Bonchev–Trinajstić information content (AvgIpc) is 2.69. The van der Waals surface area contributed by atoms with E-state index in [1.165, 1.54) is 25.8 Å². The van der Waals surface area contributed by atoms with E-state index in [0.717, 1.165) is 11.1 Å². The van der Waals surface area contributed by atoms with Gasteiger partial charge in [0.05, 0.1) is 10.7 Å². The molecule has 0 radical (unpaired) electrons. The summed E-state index contributed by atoms with van der Waals surface area (Å²) in [4.78, 5) is 0. The van der Waals surface area contributed by atoms with Crippen molar-refractivity contribution in [3.05, 3.63) is 11.2 Å². The van der Waals surface area contributed by atoms with Gasteiger partial charge in [0.25, 0.3) is 0 Å². The normalized spacial score (nSPS) is 50.7. The summed E-state index contributed by atoms with van der Waals surface area (Å²) in [5, 5.41) is 7.99. The second kappa shape index (κ2) is 2.89. The van der Waals surface area contributed by atoms with Crippen molar-refractivity contribution in [3.8, 4) is 0 Å². The van der Waals surface area contributed by atoms with Gasteiger partial charge in [-0.2, -0.15) is 0 Å². The summed E-state index contributed by atoms with van der Waals surface area (Å²) >= 11 is 6.10. The third-order valence-electron chi connectivity index (χ3n) is 4.42. The molecule has 3 aliphatic heterocycles. The van der Waals surface area contributed by atoms with Crippen molar-refractivity contribution in [2.75, 3.05) is 6.54 Å². The molecule has 0 amide bonds. The van der Waals surface area contributed by atoms with E-state index < -0.39 is 0 Å². The number of halogens is 1. The van der Waals surface area contributed by atoms with E-state index in [2.05, 4.69) is 23.6 Å². The molecule has 2 fully saturated rings. The van der Waals surface area contributed by atoms with Crippen LogP contribution in [0, 0.1) is 11.8 Å². The summed E-state index contributed by atoms with van der Waals surface area (Å²) in [7, 11) is 0. The lowest BCUT2D eigenvalue weighted by Crippen LogP contribution is -2.71. The summed E-state index contributed by atoms with van der Waals surface area (Å²) in [5.74, 6) is 1.45. The van der Waals surface area contributed by atoms with Gasteiger partial charge in [-0.25, -0.2) is 0 Å². The van der Waals surface area contributed by atoms with Crippen molar-refractivity contribution in [2.24, 2.45) is 11.8 Å². The van der Waals surface area contributed by atoms with Gasteiger partial charge in [-0.05, 0) is 43.7 Å². The molecular weight excluding hydrogens is 196 g/mol. The van der Waals surface area contributed by atoms with Gasteiger partial charge in [-0.1, -0.05) is 18.5 Å². The molecule has 4 atom stereocenters. The molecule has 0 aromatic rings. The van der Waals surface area contributed by atoms with E-state index in [-0.39, 0.29) is 5.54 Å². The van der Waals surface area contributed by atoms with Gasteiger partial charge in [0.1, 0.15) is 0 Å². The molecule has 2 bridgehead atoms. The minimum atomic E-state index is 0.271. The van der Waals surface area contributed by atoms with Gasteiger partial charge in [-0.15, -0.1) is 0 Å². The quantitative estimate of drug-likeness (QED) is 0.648. The Labute approximate surface area is 90.1 Å². The fourth-order valence-electron chi connectivity index (χ4n) is 3.47. The highest BCUT2D eigenvalue weighted by molar-refractivity contribution is 6.29. The van der Waals surface area contributed by atoms with Gasteiger partial charge in [0.15, 0.2) is 0 Å². The van der Waals surface area contributed by atoms with E-state index in [0.29, 0.717) is 12.0 Å². The van der Waals surface area contributed by atoms with Crippen LogP contribution in [0.1, 0.15) is 26.2 Å². The third kappa shape index (κ3) is 1.01. The molecule has 0 aromatic heterocycles. The van der Waals surface area contributed by atoms with Gasteiger partial charge in [0, 0.05) is 6.04 Å². The van der Waals surface area contributed by atoms with Crippen molar-refractivity contribution in [3.63, 3.8) is 0 Å². The maximum absolute atomic E-state index is 6.10. The van der Waals surface area contributed by atoms with E-state index in [1.54, 1.807) is 0 Å². The SMILES string of the molecule is CC1C2C=C(Cl)NC1([C@@H]1CCCN1)C2. The zero-order valence-corrected chi connectivity index (χ0v) is 9.27. The molecule has 1 saturated heterocycles. The van der Waals surface area contributed by atoms with Crippen LogP contribution in [0.25, 0.3) is 0 Å². The maximum Gasteiger partial charge on any atom is 0.0985 e. The third-order valence-corrected chi connectivity index (χ3v) is 4.64. The van der Waals surface area contributed by atoms with Crippen LogP contribution in [0.15, 0.2) is 11.2 Å². The molecule has 3 unspecified atom stereocenters. The van der Waals surface area contributed by atoms with Crippen molar-refractivity contribution in [1.82, 2.24) is 10.6 Å². The standard InChI is InChI=1S/C11H17ClN2/c1-7-8-5-10(12)14-11(7,6-8)9-3-2-4-13-9/h5,7-9,13-14H,2-4,6H2,1H3/t7?,8?,9-,11?/m0/s1. The summed E-state index contributed by atoms with van der Waals surface area (Å²) < 4.78 is 0. The fraction of sp³-hybridized carbons (Fsp3) is 0.818. The molecule has 1 aliphatic carbocycles. The molecule has 1 saturated carbocycles. The number of fused-ring (bicyclic) bond motifs is 1. The number of hydrogen-bond acceptors (Lipinski definition) is 2. The molecule has 4 aliphatic rings. The van der Waals surface area contributed by atoms with Crippen LogP contribution in [0.5, 0.6) is 0 Å². The van der Waals surface area contributed by atoms with Gasteiger partial charge >= 0.3 is 0 Å². The van der Waals surface area contributed by atoms with E-state index in [1.807, 2.05) is 0 Å². The van der Waals surface area contributed by atoms with Gasteiger partial charge in [-0.3, -0.25) is 0 Å². The largest absolute Gasteiger partial charge is 0.369 e. The highest BCUT2D eigenvalue weighted by atomic mass is 35.5. The predicted molar refractivity (Wildman–Crippen MR) is 58.1 cm³/mol. The zero-order chi connectivity index (χ0) is 9.76. The first-order valence-electron chi connectivity index (χ1n) is 5.61. The Morgan fingerprint density at radius 1 is 1.57 bits per heavy atom. The Kier molecular flexibility index (Phi) is 1.87. The first kappa shape index (κ1) is 9.05. The van der Waals surface area contributed by atoms with Crippen LogP contribution in [-0.2, 0) is 0 Å². The highest BCUT2D eigenvalue weighted by Gasteiger charge is 2.57. The summed E-state index contributed by atoms with van der Waals surface area (Å²) in [6, 6.07) is 0.635. The first-order valence-corrected chi connectivity index (χ1v) is 5.99. The Bertz CT molecular complexity index is 283. The Morgan fingerprint density at radius 3 is 3.07 bits per heavy atom. The average molecular weight is 213 g/mol. The van der Waals surface area contributed by atoms with Crippen LogP contribution in [0.2, 0.25) is 0 Å². The molecule has 4 rings (SSSR count). The molecular formula is C11H17ClN2. The smallest absolute Gasteiger partial charge is 0.0985 e. The highest BCUT2D eigenvalue weighted by Crippen LogP contribution is 2.52. The molecule has 2 nitrogen and oxygen atoms in total. The van der Waals surface area contributed by atoms with E-state index >= 15 is 0 Å². The van der Waals surface area contributed by atoms with Crippen molar-refractivity contribution >= 4 is 11.6 Å². The topological polar surface area (TPSA) is 24.1 Å². The van der Waals surface area contributed by atoms with Crippen LogP contribution in [0.3, 0.4) is 0 Å². The number of hydrogen-bond donors (Lipinski definition) is 2. The molecule has 78 valence electrons. The number of nitrogens with one attached hydrogen (secondary N) is 2. The second-order valence-electron chi connectivity index (χ2n) is 4.99. The number of rotatable bonds is 1. The number of allylic oxidation sites excluding steroid dienone is 1. The monoisotopic (exact) mass is 212 g/mol. The molecule has 2 N–H and O–H groups in total. The van der Waals surface area contributed by atoms with Gasteiger partial charge in [0.2, 0.25) is 0 Å². The minimum Gasteiger partial charge on any atom is -0.369 e.